The van der Waals surface area contributed by atoms with E-state index in [-0.39, 0.29) is 0 Å². The van der Waals surface area contributed by atoms with Crippen molar-refractivity contribution < 1.29 is 14.0 Å². The van der Waals surface area contributed by atoms with Gasteiger partial charge in [0.05, 0.1) is 0 Å². The quantitative estimate of drug-likeness (QED) is 0.179. The summed E-state index contributed by atoms with van der Waals surface area (Å²) in [5, 5.41) is 4.41. The average molecular weight is 501 g/mol. The summed E-state index contributed by atoms with van der Waals surface area (Å²) in [6.45, 7) is 0. The van der Waals surface area contributed by atoms with Crippen LogP contribution in [0.15, 0.2) is 126 Å². The molecule has 39 heavy (non-hydrogen) atoms. The van der Waals surface area contributed by atoms with Gasteiger partial charge in [0, 0.05) is 21.9 Å². The normalized spacial score (nSPS) is 11.8. The monoisotopic (exact) mass is 500 g/mol. The lowest BCUT2D eigenvalue weighted by molar-refractivity contribution is 0.0817. The maximum atomic E-state index is 13.5. The molecule has 8 rings (SSSR count). The molecule has 0 saturated heterocycles. The number of rotatable bonds is 4. The van der Waals surface area contributed by atoms with Crippen LogP contribution in [0.4, 0.5) is 0 Å². The molecular weight excluding hydrogens is 480 g/mol. The Balaban J connectivity index is 1.36. The molecule has 1 aromatic heterocycles. The third-order valence-corrected chi connectivity index (χ3v) is 7.82. The molecule has 0 radical (unpaired) electrons. The molecule has 7 aromatic rings. The zero-order valence-electron chi connectivity index (χ0n) is 20.8. The van der Waals surface area contributed by atoms with Gasteiger partial charge in [-0.1, -0.05) is 103 Å². The first-order valence-electron chi connectivity index (χ1n) is 12.9. The minimum absolute atomic E-state index is 0.381. The lowest BCUT2D eigenvalue weighted by atomic mass is 9.91. The number of fused-ring (bicyclic) bond motifs is 6. The molecule has 0 saturated carbocycles. The number of Topliss-reactive ketones (excluding diaryl/α,β-unsaturated/α-hetero) is 2. The number of benzene rings is 6. The fourth-order valence-corrected chi connectivity index (χ4v) is 6.09. The smallest absolute Gasteiger partial charge is 0.234 e. The van der Waals surface area contributed by atoms with E-state index in [0.29, 0.717) is 16.7 Å². The molecular formula is C36H20O3. The molecule has 0 unspecified atom stereocenters. The summed E-state index contributed by atoms with van der Waals surface area (Å²) in [5.74, 6) is -1.04. The predicted octanol–water partition coefficient (Wildman–Crippen LogP) is 9.12. The van der Waals surface area contributed by atoms with Gasteiger partial charge in [-0.05, 0) is 62.4 Å². The van der Waals surface area contributed by atoms with Crippen LogP contribution in [0.25, 0.3) is 66.1 Å². The van der Waals surface area contributed by atoms with Crippen LogP contribution in [0.5, 0.6) is 0 Å². The van der Waals surface area contributed by atoms with E-state index in [1.54, 1.807) is 36.4 Å². The van der Waals surface area contributed by atoms with Gasteiger partial charge in [-0.25, -0.2) is 0 Å². The molecule has 6 aromatic carbocycles. The van der Waals surface area contributed by atoms with E-state index >= 15 is 0 Å². The van der Waals surface area contributed by atoms with Crippen molar-refractivity contribution in [2.45, 2.75) is 0 Å². The third-order valence-electron chi connectivity index (χ3n) is 7.82. The van der Waals surface area contributed by atoms with Crippen LogP contribution in [0, 0.1) is 0 Å². The molecule has 0 spiro atoms. The van der Waals surface area contributed by atoms with E-state index in [9.17, 15) is 9.59 Å². The number of carbonyl (C=O) groups is 2. The lowest BCUT2D eigenvalue weighted by Gasteiger charge is -2.10. The van der Waals surface area contributed by atoms with Crippen molar-refractivity contribution in [2.75, 3.05) is 0 Å². The fourth-order valence-electron chi connectivity index (χ4n) is 6.09. The largest absolute Gasteiger partial charge is 0.456 e. The molecule has 0 N–H and O–H groups in total. The predicted molar refractivity (Wildman–Crippen MR) is 156 cm³/mol. The molecule has 1 aliphatic carbocycles. The fraction of sp³-hybridized carbons (Fsp3) is 0. The number of hydrogen-bond donors (Lipinski definition) is 0. The van der Waals surface area contributed by atoms with Gasteiger partial charge < -0.3 is 4.42 Å². The molecule has 1 aliphatic rings. The minimum Gasteiger partial charge on any atom is -0.456 e. The summed E-state index contributed by atoms with van der Waals surface area (Å²) in [5.41, 5.74) is 8.66. The summed E-state index contributed by atoms with van der Waals surface area (Å²) in [7, 11) is 0. The van der Waals surface area contributed by atoms with Gasteiger partial charge in [-0.2, -0.15) is 0 Å². The molecule has 3 nitrogen and oxygen atoms in total. The van der Waals surface area contributed by atoms with Crippen LogP contribution in [-0.2, 0) is 0 Å². The van der Waals surface area contributed by atoms with E-state index < -0.39 is 11.6 Å². The van der Waals surface area contributed by atoms with Crippen LogP contribution in [0.3, 0.4) is 0 Å². The SMILES string of the molecule is O=C(C(=O)c1ccccc1-c1cccc2oc3cc4c(cc3c12)-c1cccc2cccc-4c12)c1ccccc1. The van der Waals surface area contributed by atoms with Crippen molar-refractivity contribution in [3.63, 3.8) is 0 Å². The van der Waals surface area contributed by atoms with Gasteiger partial charge in [0.15, 0.2) is 0 Å². The third kappa shape index (κ3) is 3.11. The number of ketones is 2. The first kappa shape index (κ1) is 21.8. The molecule has 0 fully saturated rings. The standard InChI is InChI=1S/C36H20O3/c37-35(22-9-2-1-3-10-22)36(38)27-14-5-4-13-23(27)24-17-8-18-31-34(24)30-19-28-25-15-6-11-21-12-7-16-26(33(21)25)29(28)20-32(30)39-31/h1-20H. The Morgan fingerprint density at radius 2 is 1.08 bits per heavy atom. The minimum atomic E-state index is -0.523. The van der Waals surface area contributed by atoms with Crippen molar-refractivity contribution in [3.05, 3.63) is 132 Å². The van der Waals surface area contributed by atoms with Gasteiger partial charge in [-0.3, -0.25) is 9.59 Å². The first-order chi connectivity index (χ1) is 19.2. The maximum Gasteiger partial charge on any atom is 0.234 e. The van der Waals surface area contributed by atoms with Crippen LogP contribution in [0.1, 0.15) is 20.7 Å². The Morgan fingerprint density at radius 3 is 1.85 bits per heavy atom. The van der Waals surface area contributed by atoms with E-state index in [1.807, 2.05) is 36.4 Å². The number of carbonyl (C=O) groups excluding carboxylic acids is 2. The summed E-state index contributed by atoms with van der Waals surface area (Å²) in [6.07, 6.45) is 0. The highest BCUT2D eigenvalue weighted by molar-refractivity contribution is 6.50. The number of furan rings is 1. The first-order valence-corrected chi connectivity index (χ1v) is 12.9. The van der Waals surface area contributed by atoms with Crippen LogP contribution < -0.4 is 0 Å². The van der Waals surface area contributed by atoms with Crippen LogP contribution >= 0.6 is 0 Å². The highest BCUT2D eigenvalue weighted by Gasteiger charge is 2.26. The van der Waals surface area contributed by atoms with E-state index in [4.69, 9.17) is 4.42 Å². The summed E-state index contributed by atoms with van der Waals surface area (Å²) in [4.78, 5) is 26.6. The van der Waals surface area contributed by atoms with Gasteiger partial charge in [0.25, 0.3) is 0 Å². The topological polar surface area (TPSA) is 47.3 Å². The second-order valence-electron chi connectivity index (χ2n) is 9.95. The van der Waals surface area contributed by atoms with Gasteiger partial charge in [0.2, 0.25) is 11.6 Å². The average Bonchev–Trinajstić information content (AvgIpc) is 3.52. The second kappa shape index (κ2) is 8.11. The zero-order valence-corrected chi connectivity index (χ0v) is 20.8. The Bertz CT molecular complexity index is 2140. The van der Waals surface area contributed by atoms with Crippen LogP contribution in [-0.4, -0.2) is 11.6 Å². The van der Waals surface area contributed by atoms with Crippen molar-refractivity contribution >= 4 is 44.3 Å². The van der Waals surface area contributed by atoms with Crippen molar-refractivity contribution in [1.29, 1.82) is 0 Å². The summed E-state index contributed by atoms with van der Waals surface area (Å²) < 4.78 is 6.40. The zero-order chi connectivity index (χ0) is 26.1. The molecule has 3 heteroatoms. The molecule has 182 valence electrons. The molecule has 1 heterocycles. The Labute approximate surface area is 223 Å². The maximum absolute atomic E-state index is 13.5. The van der Waals surface area contributed by atoms with Gasteiger partial charge in [-0.15, -0.1) is 0 Å². The van der Waals surface area contributed by atoms with E-state index in [1.165, 1.54) is 33.0 Å². The summed E-state index contributed by atoms with van der Waals surface area (Å²) in [6, 6.07) is 39.1. The Hall–Kier alpha value is -5.28. The van der Waals surface area contributed by atoms with Crippen molar-refractivity contribution in [3.8, 4) is 33.4 Å². The molecule has 0 amide bonds. The Kier molecular flexibility index (Phi) is 4.53. The van der Waals surface area contributed by atoms with E-state index in [0.717, 1.165) is 27.5 Å². The highest BCUT2D eigenvalue weighted by Crippen LogP contribution is 2.50. The van der Waals surface area contributed by atoms with Crippen LogP contribution in [0.2, 0.25) is 0 Å². The summed E-state index contributed by atoms with van der Waals surface area (Å²) >= 11 is 0. The molecule has 0 bridgehead atoms. The Morgan fingerprint density at radius 1 is 0.462 bits per heavy atom. The van der Waals surface area contributed by atoms with Crippen molar-refractivity contribution in [2.24, 2.45) is 0 Å². The second-order valence-corrected chi connectivity index (χ2v) is 9.95. The molecule has 0 aliphatic heterocycles. The number of hydrogen-bond acceptors (Lipinski definition) is 3. The molecule has 0 atom stereocenters. The lowest BCUT2D eigenvalue weighted by Crippen LogP contribution is -2.15. The van der Waals surface area contributed by atoms with Gasteiger partial charge in [0.1, 0.15) is 11.2 Å². The van der Waals surface area contributed by atoms with Gasteiger partial charge >= 0.3 is 0 Å². The highest BCUT2D eigenvalue weighted by atomic mass is 16.3. The van der Waals surface area contributed by atoms with E-state index in [2.05, 4.69) is 48.5 Å². The van der Waals surface area contributed by atoms with Crippen molar-refractivity contribution in [1.82, 2.24) is 0 Å².